The highest BCUT2D eigenvalue weighted by Gasteiger charge is 2.27. The Balaban J connectivity index is 1.32. The van der Waals surface area contributed by atoms with Crippen LogP contribution in [-0.2, 0) is 27.9 Å². The maximum Gasteiger partial charge on any atom is 0.264 e. The van der Waals surface area contributed by atoms with E-state index in [0.29, 0.717) is 23.7 Å². The zero-order chi connectivity index (χ0) is 28.5. The number of hydrogen-bond acceptors (Lipinski definition) is 5. The van der Waals surface area contributed by atoms with Crippen LogP contribution in [-0.4, -0.2) is 38.9 Å². The van der Waals surface area contributed by atoms with Gasteiger partial charge in [0, 0.05) is 13.1 Å². The number of para-hydroxylation sites is 1. The molecule has 1 aliphatic heterocycles. The van der Waals surface area contributed by atoms with E-state index in [0.717, 1.165) is 29.5 Å². The summed E-state index contributed by atoms with van der Waals surface area (Å²) in [6.45, 7) is 2.98. The highest BCUT2D eigenvalue weighted by molar-refractivity contribution is 7.92. The molecule has 0 spiro atoms. The van der Waals surface area contributed by atoms with Crippen molar-refractivity contribution in [1.82, 2.24) is 10.2 Å². The normalized spacial score (nSPS) is 13.9. The first-order chi connectivity index (χ1) is 20.0. The number of ether oxygens (including phenoxy) is 1. The summed E-state index contributed by atoms with van der Waals surface area (Å²) in [4.78, 5) is 15.8. The monoisotopic (exact) mass is 569 g/mol. The molecule has 0 unspecified atom stereocenters. The van der Waals surface area contributed by atoms with Crippen molar-refractivity contribution in [2.45, 2.75) is 37.2 Å². The second-order valence-electron chi connectivity index (χ2n) is 10.1. The summed E-state index contributed by atoms with van der Waals surface area (Å²) >= 11 is 0. The third-order valence-electron chi connectivity index (χ3n) is 7.16. The molecule has 1 saturated heterocycles. The molecule has 7 nitrogen and oxygen atoms in total. The van der Waals surface area contributed by atoms with Crippen molar-refractivity contribution in [2.75, 3.05) is 23.9 Å². The lowest BCUT2D eigenvalue weighted by Crippen LogP contribution is -2.40. The number of nitrogens with one attached hydrogen (secondary N) is 1. The third kappa shape index (κ3) is 7.54. The number of sulfonamides is 1. The van der Waals surface area contributed by atoms with Gasteiger partial charge in [0.1, 0.15) is 18.0 Å². The average Bonchev–Trinajstić information content (AvgIpc) is 3.01. The molecule has 0 aliphatic carbocycles. The van der Waals surface area contributed by atoms with E-state index in [9.17, 15) is 13.2 Å². The van der Waals surface area contributed by atoms with Crippen LogP contribution >= 0.6 is 0 Å². The van der Waals surface area contributed by atoms with Gasteiger partial charge in [-0.25, -0.2) is 8.42 Å². The number of hydrogen-bond donors (Lipinski definition) is 1. The molecule has 41 heavy (non-hydrogen) atoms. The van der Waals surface area contributed by atoms with Gasteiger partial charge < -0.3 is 10.1 Å². The first-order valence-electron chi connectivity index (χ1n) is 14.0. The molecule has 4 aromatic carbocycles. The van der Waals surface area contributed by atoms with Gasteiger partial charge in [0.25, 0.3) is 10.0 Å². The zero-order valence-electron chi connectivity index (χ0n) is 23.0. The molecular weight excluding hydrogens is 534 g/mol. The van der Waals surface area contributed by atoms with Gasteiger partial charge in [0.2, 0.25) is 5.91 Å². The highest BCUT2D eigenvalue weighted by atomic mass is 32.2. The summed E-state index contributed by atoms with van der Waals surface area (Å²) in [5.41, 5.74) is 2.58. The molecule has 212 valence electrons. The Labute approximate surface area is 242 Å². The van der Waals surface area contributed by atoms with Crippen LogP contribution in [0.5, 0.6) is 11.5 Å². The summed E-state index contributed by atoms with van der Waals surface area (Å²) in [6, 6.07) is 32.3. The van der Waals surface area contributed by atoms with Crippen molar-refractivity contribution in [2.24, 2.45) is 0 Å². The van der Waals surface area contributed by atoms with Crippen molar-refractivity contribution < 1.29 is 17.9 Å². The second kappa shape index (κ2) is 13.5. The summed E-state index contributed by atoms with van der Waals surface area (Å²) in [7, 11) is -4.01. The van der Waals surface area contributed by atoms with Gasteiger partial charge in [0.15, 0.2) is 0 Å². The standard InChI is InChI=1S/C33H35N3O4S/c37-33(34-24-27-12-8-9-13-28(27)25-35-22-10-3-11-23-35)26-36(41(38,39)32-16-6-2-7-17-32)29-18-20-31(21-19-29)40-30-14-4-1-5-15-30/h1-2,4-9,12-21H,3,10-11,22-26H2,(H,34,37). The number of anilines is 1. The maximum atomic E-state index is 13.7. The summed E-state index contributed by atoms with van der Waals surface area (Å²) in [6.07, 6.45) is 3.70. The number of benzene rings is 4. The number of nitrogens with zero attached hydrogens (tertiary/aromatic N) is 2. The van der Waals surface area contributed by atoms with E-state index >= 15 is 0 Å². The van der Waals surface area contributed by atoms with Gasteiger partial charge in [-0.1, -0.05) is 67.1 Å². The van der Waals surface area contributed by atoms with Crippen LogP contribution in [0.3, 0.4) is 0 Å². The van der Waals surface area contributed by atoms with Gasteiger partial charge >= 0.3 is 0 Å². The molecule has 8 heteroatoms. The van der Waals surface area contributed by atoms with E-state index in [1.165, 1.54) is 37.0 Å². The molecule has 0 aromatic heterocycles. The fourth-order valence-corrected chi connectivity index (χ4v) is 6.40. The number of rotatable bonds is 11. The quantitative estimate of drug-likeness (QED) is 0.241. The Hall–Kier alpha value is -4.14. The minimum atomic E-state index is -4.01. The SMILES string of the molecule is O=C(CN(c1ccc(Oc2ccccc2)cc1)S(=O)(=O)c1ccccc1)NCc1ccccc1CN1CCCCC1. The molecule has 1 amide bonds. The van der Waals surface area contributed by atoms with Crippen LogP contribution in [0, 0.1) is 0 Å². The van der Waals surface area contributed by atoms with E-state index in [1.54, 1.807) is 42.5 Å². The average molecular weight is 570 g/mol. The van der Waals surface area contributed by atoms with E-state index in [1.807, 2.05) is 48.5 Å². The van der Waals surface area contributed by atoms with Crippen LogP contribution in [0.4, 0.5) is 5.69 Å². The predicted molar refractivity (Wildman–Crippen MR) is 161 cm³/mol. The Kier molecular flexibility index (Phi) is 9.33. The van der Waals surface area contributed by atoms with Crippen molar-refractivity contribution in [3.63, 3.8) is 0 Å². The fraction of sp³-hybridized carbons (Fsp3) is 0.242. The molecule has 0 atom stereocenters. The molecule has 0 bridgehead atoms. The van der Waals surface area contributed by atoms with Crippen LogP contribution in [0.15, 0.2) is 114 Å². The zero-order valence-corrected chi connectivity index (χ0v) is 23.8. The first kappa shape index (κ1) is 28.4. The van der Waals surface area contributed by atoms with Crippen molar-refractivity contribution >= 4 is 21.6 Å². The first-order valence-corrected chi connectivity index (χ1v) is 15.4. The Bertz CT molecular complexity index is 1520. The van der Waals surface area contributed by atoms with Gasteiger partial charge in [0.05, 0.1) is 10.6 Å². The number of piperidine rings is 1. The van der Waals surface area contributed by atoms with Gasteiger partial charge in [-0.05, 0) is 85.6 Å². The predicted octanol–water partition coefficient (Wildman–Crippen LogP) is 5.98. The fourth-order valence-electron chi connectivity index (χ4n) is 4.96. The van der Waals surface area contributed by atoms with Crippen LogP contribution in [0.1, 0.15) is 30.4 Å². The van der Waals surface area contributed by atoms with Gasteiger partial charge in [-0.15, -0.1) is 0 Å². The number of carbonyl (C=O) groups is 1. The van der Waals surface area contributed by atoms with E-state index < -0.39 is 10.0 Å². The largest absolute Gasteiger partial charge is 0.457 e. The summed E-state index contributed by atoms with van der Waals surface area (Å²) in [5.74, 6) is 0.850. The van der Waals surface area contributed by atoms with Crippen molar-refractivity contribution in [1.29, 1.82) is 0 Å². The van der Waals surface area contributed by atoms with E-state index in [-0.39, 0.29) is 17.3 Å². The van der Waals surface area contributed by atoms with Crippen LogP contribution < -0.4 is 14.4 Å². The summed E-state index contributed by atoms with van der Waals surface area (Å²) in [5, 5.41) is 2.96. The molecule has 1 fully saturated rings. The van der Waals surface area contributed by atoms with E-state index in [4.69, 9.17) is 4.74 Å². The Morgan fingerprint density at radius 3 is 2.00 bits per heavy atom. The molecule has 5 rings (SSSR count). The molecule has 1 heterocycles. The lowest BCUT2D eigenvalue weighted by atomic mass is 10.0. The lowest BCUT2D eigenvalue weighted by molar-refractivity contribution is -0.119. The Morgan fingerprint density at radius 1 is 0.732 bits per heavy atom. The number of likely N-dealkylation sites (tertiary alicyclic amines) is 1. The second-order valence-corrected chi connectivity index (χ2v) is 12.0. The molecular formula is C33H35N3O4S. The maximum absolute atomic E-state index is 13.7. The van der Waals surface area contributed by atoms with Crippen LogP contribution in [0.2, 0.25) is 0 Å². The summed E-state index contributed by atoms with van der Waals surface area (Å²) < 4.78 is 34.4. The van der Waals surface area contributed by atoms with Crippen molar-refractivity contribution in [3.05, 3.63) is 120 Å². The number of amides is 1. The highest BCUT2D eigenvalue weighted by Crippen LogP contribution is 2.28. The van der Waals surface area contributed by atoms with Crippen molar-refractivity contribution in [3.8, 4) is 11.5 Å². The van der Waals surface area contributed by atoms with Crippen LogP contribution in [0.25, 0.3) is 0 Å². The minimum absolute atomic E-state index is 0.115. The Morgan fingerprint density at radius 2 is 1.32 bits per heavy atom. The minimum Gasteiger partial charge on any atom is -0.457 e. The topological polar surface area (TPSA) is 78.9 Å². The number of carbonyl (C=O) groups excluding carboxylic acids is 1. The molecule has 1 N–H and O–H groups in total. The smallest absolute Gasteiger partial charge is 0.264 e. The molecule has 1 aliphatic rings. The van der Waals surface area contributed by atoms with Gasteiger partial charge in [-0.3, -0.25) is 14.0 Å². The molecule has 0 saturated carbocycles. The van der Waals surface area contributed by atoms with Gasteiger partial charge in [-0.2, -0.15) is 0 Å². The van der Waals surface area contributed by atoms with E-state index in [2.05, 4.69) is 16.3 Å². The third-order valence-corrected chi connectivity index (χ3v) is 8.95. The lowest BCUT2D eigenvalue weighted by Gasteiger charge is -2.27. The molecule has 0 radical (unpaired) electrons. The molecule has 4 aromatic rings.